The zero-order valence-electron chi connectivity index (χ0n) is 34.5. The minimum Gasteiger partial charge on any atom is -0.354 e. The lowest BCUT2D eigenvalue weighted by Gasteiger charge is -2.19. The molecular weight excluding hydrogens is 757 g/mol. The highest BCUT2D eigenvalue weighted by molar-refractivity contribution is 5.99. The van der Waals surface area contributed by atoms with Crippen LogP contribution in [0.5, 0.6) is 0 Å². The van der Waals surface area contributed by atoms with E-state index in [0.29, 0.717) is 18.5 Å². The first-order valence-corrected chi connectivity index (χ1v) is 22.2. The summed E-state index contributed by atoms with van der Waals surface area (Å²) in [5.41, 5.74) is 2.94. The van der Waals surface area contributed by atoms with Gasteiger partial charge in [0.15, 0.2) is 0 Å². The Balaban J connectivity index is 0.958. The van der Waals surface area contributed by atoms with Gasteiger partial charge in [0, 0.05) is 67.6 Å². The second-order valence-electron chi connectivity index (χ2n) is 17.1. The second-order valence-corrected chi connectivity index (χ2v) is 17.1. The fourth-order valence-electron chi connectivity index (χ4n) is 8.81. The predicted molar refractivity (Wildman–Crippen MR) is 229 cm³/mol. The molecular formula is C48H60N6O6. The Bertz CT molecular complexity index is 1880. The molecule has 0 radical (unpaired) electrons. The average Bonchev–Trinajstić information content (AvgIpc) is 4.18. The van der Waals surface area contributed by atoms with Crippen LogP contribution in [0, 0.1) is 11.8 Å². The van der Waals surface area contributed by atoms with E-state index in [1.807, 2.05) is 36.4 Å². The molecule has 60 heavy (non-hydrogen) atoms. The predicted octanol–water partition coefficient (Wildman–Crippen LogP) is 5.35. The maximum atomic E-state index is 13.9. The van der Waals surface area contributed by atoms with Crippen LogP contribution in [0.3, 0.4) is 0 Å². The smallest absolute Gasteiger partial charge is 0.253 e. The SMILES string of the molecule is O=C1CCCCCCCCCCCCNC(=O)[C@H](CNC(=O)c2ccc(C(=O)N3C[C@@H](C(=O)N[C@H]4C[C@@H]4c4ccccc4)[C@H](C(=O)N[C@H]4C[C@@H]4c4ccccc4)C3)cc2)N1. The lowest BCUT2D eigenvalue weighted by molar-refractivity contribution is -0.133. The van der Waals surface area contributed by atoms with E-state index in [9.17, 15) is 28.8 Å². The van der Waals surface area contributed by atoms with Crippen LogP contribution in [0.25, 0.3) is 0 Å². The maximum Gasteiger partial charge on any atom is 0.253 e. The molecule has 7 atom stereocenters. The van der Waals surface area contributed by atoms with Crippen molar-refractivity contribution in [3.8, 4) is 0 Å². The molecule has 12 nitrogen and oxygen atoms in total. The van der Waals surface area contributed by atoms with Crippen LogP contribution in [0.2, 0.25) is 0 Å². The number of carbonyl (C=O) groups is 6. The number of likely N-dealkylation sites (tertiary alicyclic amines) is 1. The van der Waals surface area contributed by atoms with E-state index in [0.717, 1.165) is 51.4 Å². The Morgan fingerprint density at radius 2 is 1.08 bits per heavy atom. The van der Waals surface area contributed by atoms with Crippen LogP contribution >= 0.6 is 0 Å². The number of benzene rings is 3. The van der Waals surface area contributed by atoms with E-state index in [-0.39, 0.29) is 78.7 Å². The standard InChI is InChI=1S/C48H60N6O6/c55-43-21-15-7-5-3-1-2-4-6-8-16-26-49-47(59)42(51-43)29-50-44(56)34-22-24-35(25-23-34)48(60)54-30-38(45(57)52-40-27-36(40)32-17-11-9-12-18-32)39(31-54)46(58)53-41-28-37(41)33-19-13-10-14-20-33/h9-14,17-20,22-25,36-42H,1-8,15-16,21,26-31H2,(H,49,59)(H,50,56)(H,51,55)(H,52,57)(H,53,58)/t36-,37-,38-,39-,40+,41+,42+/m1/s1. The van der Waals surface area contributed by atoms with Gasteiger partial charge in [0.05, 0.1) is 11.8 Å². The third-order valence-electron chi connectivity index (χ3n) is 12.6. The molecule has 2 heterocycles. The zero-order valence-corrected chi connectivity index (χ0v) is 34.5. The van der Waals surface area contributed by atoms with Crippen LogP contribution in [-0.2, 0) is 19.2 Å². The highest BCUT2D eigenvalue weighted by Gasteiger charge is 2.49. The van der Waals surface area contributed by atoms with Crippen molar-refractivity contribution >= 4 is 35.4 Å². The Morgan fingerprint density at radius 3 is 1.62 bits per heavy atom. The van der Waals surface area contributed by atoms with Gasteiger partial charge in [-0.15, -0.1) is 0 Å². The van der Waals surface area contributed by atoms with Gasteiger partial charge in [0.2, 0.25) is 23.6 Å². The van der Waals surface area contributed by atoms with Crippen molar-refractivity contribution < 1.29 is 28.8 Å². The van der Waals surface area contributed by atoms with Gasteiger partial charge in [-0.3, -0.25) is 28.8 Å². The fraction of sp³-hybridized carbons (Fsp3) is 0.500. The van der Waals surface area contributed by atoms with Crippen LogP contribution in [-0.4, -0.2) is 84.6 Å². The summed E-state index contributed by atoms with van der Waals surface area (Å²) in [6, 6.07) is 25.3. The van der Waals surface area contributed by atoms with E-state index in [4.69, 9.17) is 0 Å². The van der Waals surface area contributed by atoms with Crippen LogP contribution < -0.4 is 26.6 Å². The minimum atomic E-state index is -0.920. The van der Waals surface area contributed by atoms with E-state index < -0.39 is 23.8 Å². The number of carbonyl (C=O) groups excluding carboxylic acids is 6. The number of amides is 6. The largest absolute Gasteiger partial charge is 0.354 e. The van der Waals surface area contributed by atoms with E-state index in [1.54, 1.807) is 29.2 Å². The van der Waals surface area contributed by atoms with E-state index >= 15 is 0 Å². The molecule has 3 aromatic carbocycles. The molecule has 2 aliphatic carbocycles. The molecule has 0 unspecified atom stereocenters. The van der Waals surface area contributed by atoms with Gasteiger partial charge in [-0.05, 0) is 61.1 Å². The van der Waals surface area contributed by atoms with Gasteiger partial charge in [0.1, 0.15) is 6.04 Å². The summed E-state index contributed by atoms with van der Waals surface area (Å²) in [5, 5.41) is 14.9. The highest BCUT2D eigenvalue weighted by Crippen LogP contribution is 2.42. The topological polar surface area (TPSA) is 166 Å². The molecule has 12 heteroatoms. The van der Waals surface area contributed by atoms with Crippen molar-refractivity contribution in [1.29, 1.82) is 0 Å². The lowest BCUT2D eigenvalue weighted by Crippen LogP contribution is -2.52. The zero-order chi connectivity index (χ0) is 41.8. The molecule has 6 amide bonds. The van der Waals surface area contributed by atoms with Crippen molar-refractivity contribution in [2.45, 2.75) is 113 Å². The third kappa shape index (κ3) is 11.6. The quantitative estimate of drug-likeness (QED) is 0.185. The molecule has 318 valence electrons. The first-order valence-electron chi connectivity index (χ1n) is 22.2. The summed E-state index contributed by atoms with van der Waals surface area (Å²) < 4.78 is 0. The Kier molecular flexibility index (Phi) is 14.7. The average molecular weight is 817 g/mol. The molecule has 5 N–H and O–H groups in total. The van der Waals surface area contributed by atoms with Gasteiger partial charge in [-0.1, -0.05) is 112 Å². The summed E-state index contributed by atoms with van der Waals surface area (Å²) in [5.74, 6) is -2.78. The number of hydrogen-bond donors (Lipinski definition) is 5. The molecule has 0 bridgehead atoms. The van der Waals surface area contributed by atoms with Crippen molar-refractivity contribution in [2.75, 3.05) is 26.2 Å². The summed E-state index contributed by atoms with van der Waals surface area (Å²) >= 11 is 0. The maximum absolute atomic E-state index is 13.9. The highest BCUT2D eigenvalue weighted by atomic mass is 16.2. The lowest BCUT2D eigenvalue weighted by atomic mass is 9.94. The molecule has 2 aliphatic heterocycles. The number of hydrogen-bond acceptors (Lipinski definition) is 6. The van der Waals surface area contributed by atoms with Gasteiger partial charge in [0.25, 0.3) is 11.8 Å². The first-order chi connectivity index (χ1) is 29.2. The van der Waals surface area contributed by atoms with Gasteiger partial charge >= 0.3 is 0 Å². The monoisotopic (exact) mass is 816 g/mol. The fourth-order valence-corrected chi connectivity index (χ4v) is 8.81. The van der Waals surface area contributed by atoms with Crippen molar-refractivity contribution in [3.05, 3.63) is 107 Å². The van der Waals surface area contributed by atoms with Crippen molar-refractivity contribution in [1.82, 2.24) is 31.5 Å². The molecule has 3 aromatic rings. The van der Waals surface area contributed by atoms with Crippen LogP contribution in [0.4, 0.5) is 0 Å². The third-order valence-corrected chi connectivity index (χ3v) is 12.6. The number of nitrogens with one attached hydrogen (secondary N) is 5. The van der Waals surface area contributed by atoms with Crippen molar-refractivity contribution in [3.63, 3.8) is 0 Å². The van der Waals surface area contributed by atoms with Gasteiger partial charge in [-0.25, -0.2) is 0 Å². The molecule has 4 aliphatic rings. The summed E-state index contributed by atoms with van der Waals surface area (Å²) in [6.45, 7) is 0.607. The molecule has 7 rings (SSSR count). The normalized spacial score (nSPS) is 26.4. The molecule has 0 spiro atoms. The Morgan fingerprint density at radius 1 is 0.600 bits per heavy atom. The van der Waals surface area contributed by atoms with E-state index in [2.05, 4.69) is 50.8 Å². The van der Waals surface area contributed by atoms with Crippen LogP contribution in [0.1, 0.15) is 127 Å². The molecule has 0 aromatic heterocycles. The minimum absolute atomic E-state index is 0.0213. The molecule has 4 fully saturated rings. The van der Waals surface area contributed by atoms with Gasteiger partial charge < -0.3 is 31.5 Å². The first kappa shape index (κ1) is 42.6. The second kappa shape index (κ2) is 20.6. The summed E-state index contributed by atoms with van der Waals surface area (Å²) in [4.78, 5) is 82.4. The van der Waals surface area contributed by atoms with Crippen LogP contribution in [0.15, 0.2) is 84.9 Å². The Hall–Kier alpha value is -5.52. The molecule has 2 saturated carbocycles. The number of rotatable bonds is 10. The molecule has 2 saturated heterocycles. The number of nitrogens with zero attached hydrogens (tertiary/aromatic N) is 1. The van der Waals surface area contributed by atoms with Crippen molar-refractivity contribution in [2.24, 2.45) is 11.8 Å². The summed E-state index contributed by atoms with van der Waals surface area (Å²) in [7, 11) is 0. The van der Waals surface area contributed by atoms with Gasteiger partial charge in [-0.2, -0.15) is 0 Å². The Labute approximate surface area is 353 Å². The summed E-state index contributed by atoms with van der Waals surface area (Å²) in [6.07, 6.45) is 12.6. The van der Waals surface area contributed by atoms with E-state index in [1.165, 1.54) is 36.8 Å².